The molecule has 0 radical (unpaired) electrons. The van der Waals surface area contributed by atoms with Gasteiger partial charge in [-0.15, -0.1) is 0 Å². The predicted molar refractivity (Wildman–Crippen MR) is 88.4 cm³/mol. The van der Waals surface area contributed by atoms with Gasteiger partial charge in [-0.1, -0.05) is 6.42 Å². The van der Waals surface area contributed by atoms with Crippen molar-refractivity contribution < 1.29 is 27.9 Å². The number of carbonyl (C=O) groups excluding carboxylic acids is 1. The second-order valence-electron chi connectivity index (χ2n) is 8.20. The van der Waals surface area contributed by atoms with Crippen molar-refractivity contribution in [2.45, 2.75) is 69.6 Å². The zero-order valence-electron chi connectivity index (χ0n) is 14.8. The van der Waals surface area contributed by atoms with Gasteiger partial charge in [0.2, 0.25) is 5.91 Å². The van der Waals surface area contributed by atoms with Crippen molar-refractivity contribution in [2.75, 3.05) is 13.1 Å². The highest BCUT2D eigenvalue weighted by Crippen LogP contribution is 2.40. The first-order valence-electron chi connectivity index (χ1n) is 9.55. The smallest absolute Gasteiger partial charge is 0.391 e. The SMILES string of the molecule is O=C(O)CN(CC1CC1)C1CC(NC(=O)C2CCCC(C(F)(F)F)C2)C1. The molecule has 26 heavy (non-hydrogen) atoms. The average molecular weight is 376 g/mol. The molecular weight excluding hydrogens is 349 g/mol. The van der Waals surface area contributed by atoms with Gasteiger partial charge < -0.3 is 10.4 Å². The lowest BCUT2D eigenvalue weighted by molar-refractivity contribution is -0.186. The van der Waals surface area contributed by atoms with Crippen molar-refractivity contribution in [2.24, 2.45) is 17.8 Å². The third kappa shape index (κ3) is 5.11. The quantitative estimate of drug-likeness (QED) is 0.717. The molecule has 3 fully saturated rings. The summed E-state index contributed by atoms with van der Waals surface area (Å²) >= 11 is 0. The fourth-order valence-corrected chi connectivity index (χ4v) is 4.20. The van der Waals surface area contributed by atoms with Gasteiger partial charge in [0.1, 0.15) is 0 Å². The molecule has 1 amide bonds. The number of carboxylic acid groups (broad SMARTS) is 1. The van der Waals surface area contributed by atoms with E-state index in [9.17, 15) is 22.8 Å². The standard InChI is InChI=1S/C18H27F3N2O3/c19-18(20,21)13-3-1-2-12(6-13)17(26)22-14-7-15(8-14)23(10-16(24)25)9-11-4-5-11/h11-15H,1-10H2,(H,22,26)(H,24,25). The van der Waals surface area contributed by atoms with Gasteiger partial charge in [-0.2, -0.15) is 13.2 Å². The van der Waals surface area contributed by atoms with Gasteiger partial charge in [0.05, 0.1) is 12.5 Å². The highest BCUT2D eigenvalue weighted by Gasteiger charge is 2.44. The molecule has 2 atom stereocenters. The first kappa shape index (κ1) is 19.5. The Morgan fingerprint density at radius 2 is 1.77 bits per heavy atom. The Bertz CT molecular complexity index is 530. The minimum absolute atomic E-state index is 0.0116. The molecule has 0 heterocycles. The molecule has 3 aliphatic carbocycles. The maximum atomic E-state index is 12.9. The summed E-state index contributed by atoms with van der Waals surface area (Å²) in [6.07, 6.45) is 0.381. The Labute approximate surface area is 151 Å². The Kier molecular flexibility index (Phi) is 5.79. The van der Waals surface area contributed by atoms with E-state index < -0.39 is 24.0 Å². The van der Waals surface area contributed by atoms with Crippen LogP contribution in [-0.4, -0.2) is 53.2 Å². The number of carboxylic acids is 1. The fourth-order valence-electron chi connectivity index (χ4n) is 4.20. The summed E-state index contributed by atoms with van der Waals surface area (Å²) in [5.41, 5.74) is 0. The summed E-state index contributed by atoms with van der Waals surface area (Å²) < 4.78 is 38.7. The largest absolute Gasteiger partial charge is 0.480 e. The summed E-state index contributed by atoms with van der Waals surface area (Å²) in [5, 5.41) is 11.9. The molecule has 3 saturated carbocycles. The lowest BCUT2D eigenvalue weighted by atomic mass is 9.79. The Morgan fingerprint density at radius 3 is 2.35 bits per heavy atom. The molecule has 148 valence electrons. The van der Waals surface area contributed by atoms with Crippen molar-refractivity contribution in [1.82, 2.24) is 10.2 Å². The number of nitrogens with zero attached hydrogens (tertiary/aromatic N) is 1. The molecule has 0 aromatic heterocycles. The normalized spacial score (nSPS) is 32.2. The number of alkyl halides is 3. The molecule has 5 nitrogen and oxygen atoms in total. The van der Waals surface area contributed by atoms with Crippen molar-refractivity contribution in [3.63, 3.8) is 0 Å². The van der Waals surface area contributed by atoms with Crippen LogP contribution in [0.1, 0.15) is 51.4 Å². The second kappa shape index (κ2) is 7.74. The topological polar surface area (TPSA) is 69.6 Å². The van der Waals surface area contributed by atoms with Crippen LogP contribution in [-0.2, 0) is 9.59 Å². The van der Waals surface area contributed by atoms with Crippen LogP contribution in [0.5, 0.6) is 0 Å². The van der Waals surface area contributed by atoms with Crippen LogP contribution < -0.4 is 5.32 Å². The first-order valence-corrected chi connectivity index (χ1v) is 9.55. The lowest BCUT2D eigenvalue weighted by Gasteiger charge is -2.43. The number of aliphatic carboxylic acids is 1. The molecular formula is C18H27F3N2O3. The summed E-state index contributed by atoms with van der Waals surface area (Å²) in [7, 11) is 0. The van der Waals surface area contributed by atoms with Crippen molar-refractivity contribution in [1.29, 1.82) is 0 Å². The number of halogens is 3. The summed E-state index contributed by atoms with van der Waals surface area (Å²) in [5.74, 6) is -2.46. The van der Waals surface area contributed by atoms with Crippen LogP contribution >= 0.6 is 0 Å². The number of carbonyl (C=O) groups is 2. The van der Waals surface area contributed by atoms with Gasteiger partial charge in [0, 0.05) is 24.5 Å². The monoisotopic (exact) mass is 376 g/mol. The van der Waals surface area contributed by atoms with Crippen LogP contribution in [0.4, 0.5) is 13.2 Å². The van der Waals surface area contributed by atoms with E-state index in [-0.39, 0.29) is 37.4 Å². The molecule has 0 spiro atoms. The highest BCUT2D eigenvalue weighted by atomic mass is 19.4. The van der Waals surface area contributed by atoms with Gasteiger partial charge in [-0.05, 0) is 50.9 Å². The van der Waals surface area contributed by atoms with Gasteiger partial charge in [0.25, 0.3) is 0 Å². The van der Waals surface area contributed by atoms with Crippen LogP contribution in [0.25, 0.3) is 0 Å². The van der Waals surface area contributed by atoms with E-state index in [1.165, 1.54) is 0 Å². The van der Waals surface area contributed by atoms with E-state index in [0.717, 1.165) is 19.4 Å². The lowest BCUT2D eigenvalue weighted by Crippen LogP contribution is -2.56. The second-order valence-corrected chi connectivity index (χ2v) is 8.20. The molecule has 2 N–H and O–H groups in total. The third-order valence-corrected chi connectivity index (χ3v) is 6.01. The Balaban J connectivity index is 1.44. The minimum Gasteiger partial charge on any atom is -0.480 e. The highest BCUT2D eigenvalue weighted by molar-refractivity contribution is 5.79. The minimum atomic E-state index is -4.22. The molecule has 2 unspecified atom stereocenters. The van der Waals surface area contributed by atoms with Crippen molar-refractivity contribution in [3.8, 4) is 0 Å². The van der Waals surface area contributed by atoms with Gasteiger partial charge in [-0.25, -0.2) is 0 Å². The van der Waals surface area contributed by atoms with E-state index in [0.29, 0.717) is 31.6 Å². The number of rotatable bonds is 7. The van der Waals surface area contributed by atoms with E-state index in [4.69, 9.17) is 5.11 Å². The van der Waals surface area contributed by atoms with Gasteiger partial charge in [-0.3, -0.25) is 14.5 Å². The van der Waals surface area contributed by atoms with Crippen LogP contribution in [0.15, 0.2) is 0 Å². The third-order valence-electron chi connectivity index (χ3n) is 6.01. The number of nitrogens with one attached hydrogen (secondary N) is 1. The molecule has 0 bridgehead atoms. The van der Waals surface area contributed by atoms with Crippen molar-refractivity contribution in [3.05, 3.63) is 0 Å². The number of amides is 1. The molecule has 0 aliphatic heterocycles. The molecule has 8 heteroatoms. The van der Waals surface area contributed by atoms with Crippen LogP contribution in [0.2, 0.25) is 0 Å². The Morgan fingerprint density at radius 1 is 1.08 bits per heavy atom. The van der Waals surface area contributed by atoms with E-state index in [2.05, 4.69) is 5.32 Å². The van der Waals surface area contributed by atoms with Gasteiger partial charge in [0.15, 0.2) is 0 Å². The summed E-state index contributed by atoms with van der Waals surface area (Å²) in [4.78, 5) is 25.3. The fraction of sp³-hybridized carbons (Fsp3) is 0.889. The van der Waals surface area contributed by atoms with E-state index >= 15 is 0 Å². The molecule has 0 aromatic carbocycles. The van der Waals surface area contributed by atoms with Gasteiger partial charge >= 0.3 is 12.1 Å². The maximum Gasteiger partial charge on any atom is 0.391 e. The number of hydrogen-bond donors (Lipinski definition) is 2. The summed E-state index contributed by atoms with van der Waals surface area (Å²) in [6.45, 7) is 0.797. The predicted octanol–water partition coefficient (Wildman–Crippen LogP) is 2.80. The van der Waals surface area contributed by atoms with Crippen LogP contribution in [0, 0.1) is 17.8 Å². The zero-order chi connectivity index (χ0) is 18.9. The Hall–Kier alpha value is -1.31. The molecule has 3 rings (SSSR count). The average Bonchev–Trinajstić information content (AvgIpc) is 3.32. The number of hydrogen-bond acceptors (Lipinski definition) is 3. The van der Waals surface area contributed by atoms with E-state index in [1.807, 2.05) is 4.90 Å². The zero-order valence-corrected chi connectivity index (χ0v) is 14.8. The molecule has 0 aromatic rings. The molecule has 3 aliphatic rings. The molecule has 0 saturated heterocycles. The first-order chi connectivity index (χ1) is 12.2. The van der Waals surface area contributed by atoms with Crippen molar-refractivity contribution >= 4 is 11.9 Å². The van der Waals surface area contributed by atoms with Crippen LogP contribution in [0.3, 0.4) is 0 Å². The van der Waals surface area contributed by atoms with E-state index in [1.54, 1.807) is 0 Å². The summed E-state index contributed by atoms with van der Waals surface area (Å²) in [6, 6.07) is 0.0977. The maximum absolute atomic E-state index is 12.9.